The molecule has 1 amide bonds. The lowest BCUT2D eigenvalue weighted by molar-refractivity contribution is 0.166. The van der Waals surface area contributed by atoms with Crippen molar-refractivity contribution in [3.05, 3.63) is 11.8 Å². The minimum absolute atomic E-state index is 0.0212. The maximum atomic E-state index is 12.8. The van der Waals surface area contributed by atoms with Crippen molar-refractivity contribution in [2.75, 3.05) is 19.8 Å². The van der Waals surface area contributed by atoms with Crippen LogP contribution in [-0.4, -0.2) is 36.6 Å². The van der Waals surface area contributed by atoms with Crippen LogP contribution < -0.4 is 0 Å². The van der Waals surface area contributed by atoms with Crippen molar-refractivity contribution in [2.24, 2.45) is 0 Å². The molecule has 0 aliphatic carbocycles. The van der Waals surface area contributed by atoms with Gasteiger partial charge in [-0.25, -0.2) is 4.79 Å². The lowest BCUT2D eigenvalue weighted by Gasteiger charge is -2.26. The predicted octanol–water partition coefficient (Wildman–Crippen LogP) is 3.73. The summed E-state index contributed by atoms with van der Waals surface area (Å²) >= 11 is 0. The molecule has 20 heavy (non-hydrogen) atoms. The summed E-state index contributed by atoms with van der Waals surface area (Å²) in [6.07, 6.45) is 2.85. The fourth-order valence-corrected chi connectivity index (χ4v) is 3.86. The number of amides is 1. The molecule has 116 valence electrons. The van der Waals surface area contributed by atoms with E-state index in [0.29, 0.717) is 0 Å². The molecule has 1 heterocycles. The maximum absolute atomic E-state index is 12.8. The molecule has 0 aromatic rings. The first-order valence-electron chi connectivity index (χ1n) is 7.05. The average Bonchev–Trinajstić information content (AvgIpc) is 2.78. The first-order valence-corrected chi connectivity index (χ1v) is 8.66. The van der Waals surface area contributed by atoms with E-state index in [1.165, 1.54) is 4.90 Å². The van der Waals surface area contributed by atoms with Crippen molar-refractivity contribution in [3.8, 4) is 0 Å². The van der Waals surface area contributed by atoms with Crippen molar-refractivity contribution < 1.29 is 23.1 Å². The Balaban J connectivity index is 3.04. The number of cyclic esters (lactones) is 1. The molecule has 7 heteroatoms. The van der Waals surface area contributed by atoms with Crippen molar-refractivity contribution in [1.82, 2.24) is 4.90 Å². The summed E-state index contributed by atoms with van der Waals surface area (Å²) in [6, 6.07) is 0. The van der Waals surface area contributed by atoms with E-state index < -0.39 is 19.5 Å². The number of allylic oxidation sites excluding steroid dienone is 1. The molecule has 0 bridgehead atoms. The SMILES string of the molecule is CCOP(=O)(OCC)C1COC(=O)N1C=C(CC)CC. The van der Waals surface area contributed by atoms with E-state index >= 15 is 0 Å². The molecule has 0 radical (unpaired) electrons. The number of hydrogen-bond donors (Lipinski definition) is 0. The minimum Gasteiger partial charge on any atom is -0.446 e. The number of ether oxygens (including phenoxy) is 1. The van der Waals surface area contributed by atoms with Gasteiger partial charge in [0.15, 0.2) is 5.78 Å². The lowest BCUT2D eigenvalue weighted by Crippen LogP contribution is -2.30. The Labute approximate surface area is 120 Å². The van der Waals surface area contributed by atoms with Gasteiger partial charge in [-0.15, -0.1) is 0 Å². The molecule has 1 aliphatic rings. The van der Waals surface area contributed by atoms with E-state index in [-0.39, 0.29) is 19.8 Å². The van der Waals surface area contributed by atoms with Crippen LogP contribution in [0.2, 0.25) is 0 Å². The standard InChI is InChI=1S/C13H24NO5P/c1-5-11(6-2)9-14-12(10-17-13(14)15)20(16,18-7-3)19-8-4/h9,12H,5-8,10H2,1-4H3. The molecular formula is C13H24NO5P. The topological polar surface area (TPSA) is 65.1 Å². The highest BCUT2D eigenvalue weighted by atomic mass is 31.2. The highest BCUT2D eigenvalue weighted by molar-refractivity contribution is 7.54. The molecule has 0 N–H and O–H groups in total. The molecular weight excluding hydrogens is 281 g/mol. The molecule has 0 aromatic heterocycles. The van der Waals surface area contributed by atoms with Gasteiger partial charge >= 0.3 is 13.7 Å². The third-order valence-electron chi connectivity index (χ3n) is 3.10. The predicted molar refractivity (Wildman–Crippen MR) is 76.5 cm³/mol. The van der Waals surface area contributed by atoms with Crippen molar-refractivity contribution in [1.29, 1.82) is 0 Å². The second-order valence-electron chi connectivity index (χ2n) is 4.33. The molecule has 1 fully saturated rings. The zero-order valence-corrected chi connectivity index (χ0v) is 13.5. The first kappa shape index (κ1) is 17.2. The molecule has 6 nitrogen and oxygen atoms in total. The van der Waals surface area contributed by atoms with Gasteiger partial charge in [0.1, 0.15) is 6.61 Å². The molecule has 0 saturated carbocycles. The van der Waals surface area contributed by atoms with Crippen LogP contribution in [0.25, 0.3) is 0 Å². The van der Waals surface area contributed by atoms with Crippen LogP contribution in [-0.2, 0) is 18.3 Å². The molecule has 0 aromatic carbocycles. The molecule has 1 unspecified atom stereocenters. The van der Waals surface area contributed by atoms with Crippen LogP contribution in [0.5, 0.6) is 0 Å². The van der Waals surface area contributed by atoms with Gasteiger partial charge in [-0.3, -0.25) is 9.46 Å². The monoisotopic (exact) mass is 305 g/mol. The van der Waals surface area contributed by atoms with Crippen molar-refractivity contribution in [2.45, 2.75) is 46.3 Å². The third kappa shape index (κ3) is 3.84. The Bertz CT molecular complexity index is 394. The summed E-state index contributed by atoms with van der Waals surface area (Å²) in [5.41, 5.74) is 1.08. The number of carbonyl (C=O) groups is 1. The highest BCUT2D eigenvalue weighted by Gasteiger charge is 2.47. The Morgan fingerprint density at radius 2 is 1.85 bits per heavy atom. The van der Waals surface area contributed by atoms with Crippen LogP contribution in [0, 0.1) is 0 Å². The van der Waals surface area contributed by atoms with Crippen molar-refractivity contribution in [3.63, 3.8) is 0 Å². The second-order valence-corrected chi connectivity index (χ2v) is 6.53. The Morgan fingerprint density at radius 1 is 1.30 bits per heavy atom. The lowest BCUT2D eigenvalue weighted by atomic mass is 10.2. The molecule has 1 aliphatic heterocycles. The molecule has 1 rings (SSSR count). The van der Waals surface area contributed by atoms with Crippen molar-refractivity contribution >= 4 is 13.7 Å². The highest BCUT2D eigenvalue weighted by Crippen LogP contribution is 2.55. The number of hydrogen-bond acceptors (Lipinski definition) is 5. The zero-order chi connectivity index (χ0) is 15.2. The Morgan fingerprint density at radius 3 is 2.30 bits per heavy atom. The zero-order valence-electron chi connectivity index (χ0n) is 12.6. The maximum Gasteiger partial charge on any atom is 0.414 e. The van der Waals surface area contributed by atoms with Gasteiger partial charge < -0.3 is 13.8 Å². The largest absolute Gasteiger partial charge is 0.446 e. The van der Waals surface area contributed by atoms with E-state index in [9.17, 15) is 9.36 Å². The van der Waals surface area contributed by atoms with Crippen LogP contribution >= 0.6 is 7.60 Å². The number of nitrogens with zero attached hydrogens (tertiary/aromatic N) is 1. The van der Waals surface area contributed by atoms with Gasteiger partial charge in [-0.1, -0.05) is 19.4 Å². The third-order valence-corrected chi connectivity index (χ3v) is 5.46. The normalized spacial score (nSPS) is 19.1. The van der Waals surface area contributed by atoms with Gasteiger partial charge in [0.2, 0.25) is 0 Å². The number of rotatable bonds is 8. The fourth-order valence-electron chi connectivity index (χ4n) is 2.00. The van der Waals surface area contributed by atoms with E-state index in [0.717, 1.165) is 18.4 Å². The van der Waals surface area contributed by atoms with E-state index in [2.05, 4.69) is 0 Å². The van der Waals surface area contributed by atoms with Crippen LogP contribution in [0.3, 0.4) is 0 Å². The minimum atomic E-state index is -3.40. The molecule has 0 spiro atoms. The van der Waals surface area contributed by atoms with E-state index in [1.54, 1.807) is 20.0 Å². The summed E-state index contributed by atoms with van der Waals surface area (Å²) < 4.78 is 28.4. The summed E-state index contributed by atoms with van der Waals surface area (Å²) in [4.78, 5) is 13.2. The Hall–Kier alpha value is -0.840. The van der Waals surface area contributed by atoms with Gasteiger partial charge in [0.05, 0.1) is 13.2 Å². The second kappa shape index (κ2) is 7.81. The van der Waals surface area contributed by atoms with Crippen LogP contribution in [0.15, 0.2) is 11.8 Å². The van der Waals surface area contributed by atoms with Gasteiger partial charge in [-0.05, 0) is 26.7 Å². The quantitative estimate of drug-likeness (QED) is 0.639. The summed E-state index contributed by atoms with van der Waals surface area (Å²) in [5, 5.41) is 0. The first-order chi connectivity index (χ1) is 9.52. The van der Waals surface area contributed by atoms with E-state index in [1.807, 2.05) is 13.8 Å². The van der Waals surface area contributed by atoms with Crippen LogP contribution in [0.4, 0.5) is 4.79 Å². The molecule has 1 atom stereocenters. The summed E-state index contributed by atoms with van der Waals surface area (Å²) in [7, 11) is -3.40. The summed E-state index contributed by atoms with van der Waals surface area (Å²) in [6.45, 7) is 8.04. The van der Waals surface area contributed by atoms with Gasteiger partial charge in [0, 0.05) is 6.20 Å². The molecule has 1 saturated heterocycles. The Kier molecular flexibility index (Phi) is 6.72. The number of carbonyl (C=O) groups excluding carboxylic acids is 1. The average molecular weight is 305 g/mol. The summed E-state index contributed by atoms with van der Waals surface area (Å²) in [5.74, 6) is -0.706. The van der Waals surface area contributed by atoms with E-state index in [4.69, 9.17) is 13.8 Å². The van der Waals surface area contributed by atoms with Gasteiger partial charge in [0.25, 0.3) is 0 Å². The van der Waals surface area contributed by atoms with Gasteiger partial charge in [-0.2, -0.15) is 0 Å². The fraction of sp³-hybridized carbons (Fsp3) is 0.769. The smallest absolute Gasteiger partial charge is 0.414 e. The van der Waals surface area contributed by atoms with Crippen LogP contribution in [0.1, 0.15) is 40.5 Å².